The van der Waals surface area contributed by atoms with Gasteiger partial charge in [-0.05, 0) is 36.8 Å². The normalized spacial score (nSPS) is 11.9. The summed E-state index contributed by atoms with van der Waals surface area (Å²) >= 11 is 0. The van der Waals surface area contributed by atoms with Gasteiger partial charge in [0.25, 0.3) is 0 Å². The van der Waals surface area contributed by atoms with Gasteiger partial charge in [-0.15, -0.1) is 0 Å². The van der Waals surface area contributed by atoms with E-state index in [1.807, 2.05) is 49.5 Å². The zero-order valence-corrected chi connectivity index (χ0v) is 11.0. The minimum Gasteiger partial charge on any atom is -0.377 e. The van der Waals surface area contributed by atoms with Gasteiger partial charge >= 0.3 is 0 Å². The summed E-state index contributed by atoms with van der Waals surface area (Å²) in [6.45, 7) is 2.12. The molecule has 2 aromatic rings. The van der Waals surface area contributed by atoms with Crippen molar-refractivity contribution in [1.82, 2.24) is 9.97 Å². The SMILES string of the molecule is CC(Nc1ccc(N(C)C)nc1)c1ccncc1. The third kappa shape index (κ3) is 2.97. The molecule has 0 saturated carbocycles. The summed E-state index contributed by atoms with van der Waals surface area (Å²) in [5.74, 6) is 0.956. The van der Waals surface area contributed by atoms with Crippen molar-refractivity contribution in [2.75, 3.05) is 24.3 Å². The first-order chi connectivity index (χ1) is 8.66. The molecular weight excluding hydrogens is 224 g/mol. The van der Waals surface area contributed by atoms with E-state index in [-0.39, 0.29) is 6.04 Å². The van der Waals surface area contributed by atoms with E-state index < -0.39 is 0 Å². The molecule has 0 radical (unpaired) electrons. The van der Waals surface area contributed by atoms with Crippen LogP contribution in [-0.4, -0.2) is 24.1 Å². The smallest absolute Gasteiger partial charge is 0.128 e. The third-order valence-electron chi connectivity index (χ3n) is 2.80. The fraction of sp³-hybridized carbons (Fsp3) is 0.286. The van der Waals surface area contributed by atoms with Crippen LogP contribution in [0.15, 0.2) is 42.9 Å². The Morgan fingerprint density at radius 3 is 2.39 bits per heavy atom. The Balaban J connectivity index is 2.05. The molecular formula is C14H18N4. The second kappa shape index (κ2) is 5.49. The Morgan fingerprint density at radius 1 is 1.11 bits per heavy atom. The van der Waals surface area contributed by atoms with Crippen LogP contribution in [0.3, 0.4) is 0 Å². The summed E-state index contributed by atoms with van der Waals surface area (Å²) in [6.07, 6.45) is 5.47. The fourth-order valence-electron chi connectivity index (χ4n) is 1.72. The predicted octanol–water partition coefficient (Wildman–Crippen LogP) is 2.72. The number of rotatable bonds is 4. The Kier molecular flexibility index (Phi) is 3.77. The van der Waals surface area contributed by atoms with Crippen molar-refractivity contribution >= 4 is 11.5 Å². The molecule has 0 aliphatic heterocycles. The third-order valence-corrected chi connectivity index (χ3v) is 2.80. The van der Waals surface area contributed by atoms with E-state index in [0.29, 0.717) is 0 Å². The monoisotopic (exact) mass is 242 g/mol. The molecule has 0 aromatic carbocycles. The Morgan fingerprint density at radius 2 is 1.83 bits per heavy atom. The standard InChI is InChI=1S/C14H18N4/c1-11(12-6-8-15-9-7-12)17-13-4-5-14(16-10-13)18(2)3/h4-11,17H,1-3H3. The van der Waals surface area contributed by atoms with Crippen LogP contribution in [-0.2, 0) is 0 Å². The number of anilines is 2. The number of hydrogen-bond donors (Lipinski definition) is 1. The second-order valence-electron chi connectivity index (χ2n) is 4.45. The van der Waals surface area contributed by atoms with Gasteiger partial charge in [-0.3, -0.25) is 4.98 Å². The first kappa shape index (κ1) is 12.4. The molecule has 0 spiro atoms. The lowest BCUT2D eigenvalue weighted by Gasteiger charge is -2.16. The van der Waals surface area contributed by atoms with Gasteiger partial charge in [-0.1, -0.05) is 0 Å². The van der Waals surface area contributed by atoms with Crippen LogP contribution in [0.1, 0.15) is 18.5 Å². The van der Waals surface area contributed by atoms with Gasteiger partial charge in [0.2, 0.25) is 0 Å². The van der Waals surface area contributed by atoms with Crippen LogP contribution >= 0.6 is 0 Å². The Bertz CT molecular complexity index is 479. The predicted molar refractivity (Wildman–Crippen MR) is 74.8 cm³/mol. The molecule has 0 saturated heterocycles. The lowest BCUT2D eigenvalue weighted by molar-refractivity contribution is 0.878. The number of nitrogens with zero attached hydrogens (tertiary/aromatic N) is 3. The van der Waals surface area contributed by atoms with Crippen molar-refractivity contribution in [2.24, 2.45) is 0 Å². The quantitative estimate of drug-likeness (QED) is 0.895. The summed E-state index contributed by atoms with van der Waals surface area (Å²) < 4.78 is 0. The molecule has 0 fully saturated rings. The van der Waals surface area contributed by atoms with Crippen molar-refractivity contribution in [3.8, 4) is 0 Å². The number of nitrogens with one attached hydrogen (secondary N) is 1. The molecule has 1 atom stereocenters. The van der Waals surface area contributed by atoms with Crippen LogP contribution in [0.5, 0.6) is 0 Å². The zero-order valence-electron chi connectivity index (χ0n) is 11.0. The highest BCUT2D eigenvalue weighted by atomic mass is 15.1. The van der Waals surface area contributed by atoms with Crippen LogP contribution < -0.4 is 10.2 Å². The molecule has 1 N–H and O–H groups in total. The van der Waals surface area contributed by atoms with Gasteiger partial charge < -0.3 is 10.2 Å². The summed E-state index contributed by atoms with van der Waals surface area (Å²) in [5, 5.41) is 3.42. The zero-order chi connectivity index (χ0) is 13.0. The molecule has 0 aliphatic carbocycles. The number of pyridine rings is 2. The lowest BCUT2D eigenvalue weighted by Crippen LogP contribution is -2.11. The minimum atomic E-state index is 0.236. The molecule has 0 aliphatic rings. The van der Waals surface area contributed by atoms with Gasteiger partial charge in [0.15, 0.2) is 0 Å². The molecule has 4 heteroatoms. The van der Waals surface area contributed by atoms with Crippen molar-refractivity contribution < 1.29 is 0 Å². The highest BCUT2D eigenvalue weighted by molar-refractivity contribution is 5.49. The van der Waals surface area contributed by atoms with Gasteiger partial charge in [-0.2, -0.15) is 0 Å². The van der Waals surface area contributed by atoms with Gasteiger partial charge in [-0.25, -0.2) is 4.98 Å². The van der Waals surface area contributed by atoms with Gasteiger partial charge in [0, 0.05) is 32.5 Å². The molecule has 1 unspecified atom stereocenters. The summed E-state index contributed by atoms with van der Waals surface area (Å²) in [5.41, 5.74) is 2.23. The van der Waals surface area contributed by atoms with Crippen molar-refractivity contribution in [3.05, 3.63) is 48.4 Å². The van der Waals surface area contributed by atoms with Crippen molar-refractivity contribution in [3.63, 3.8) is 0 Å². The first-order valence-corrected chi connectivity index (χ1v) is 5.96. The molecule has 0 bridgehead atoms. The highest BCUT2D eigenvalue weighted by Crippen LogP contribution is 2.19. The molecule has 2 aromatic heterocycles. The Labute approximate surface area is 108 Å². The van der Waals surface area contributed by atoms with Gasteiger partial charge in [0.1, 0.15) is 5.82 Å². The van der Waals surface area contributed by atoms with E-state index >= 15 is 0 Å². The van der Waals surface area contributed by atoms with Gasteiger partial charge in [0.05, 0.1) is 11.9 Å². The van der Waals surface area contributed by atoms with E-state index in [1.165, 1.54) is 5.56 Å². The summed E-state index contributed by atoms with van der Waals surface area (Å²) in [4.78, 5) is 10.4. The van der Waals surface area contributed by atoms with Crippen LogP contribution in [0.4, 0.5) is 11.5 Å². The number of hydrogen-bond acceptors (Lipinski definition) is 4. The molecule has 2 rings (SSSR count). The molecule has 2 heterocycles. The van der Waals surface area contributed by atoms with Crippen molar-refractivity contribution in [1.29, 1.82) is 0 Å². The summed E-state index contributed by atoms with van der Waals surface area (Å²) in [7, 11) is 3.96. The summed E-state index contributed by atoms with van der Waals surface area (Å²) in [6, 6.07) is 8.31. The van der Waals surface area contributed by atoms with E-state index in [2.05, 4.69) is 22.2 Å². The van der Waals surface area contributed by atoms with Crippen molar-refractivity contribution in [2.45, 2.75) is 13.0 Å². The minimum absolute atomic E-state index is 0.236. The topological polar surface area (TPSA) is 41.0 Å². The molecule has 0 amide bonds. The lowest BCUT2D eigenvalue weighted by atomic mass is 10.1. The fourth-order valence-corrected chi connectivity index (χ4v) is 1.72. The molecule has 4 nitrogen and oxygen atoms in total. The Hall–Kier alpha value is -2.10. The van der Waals surface area contributed by atoms with E-state index in [1.54, 1.807) is 12.4 Å². The number of aromatic nitrogens is 2. The average Bonchev–Trinajstić information content (AvgIpc) is 2.40. The highest BCUT2D eigenvalue weighted by Gasteiger charge is 2.05. The molecule has 94 valence electrons. The largest absolute Gasteiger partial charge is 0.377 e. The van der Waals surface area contributed by atoms with E-state index in [9.17, 15) is 0 Å². The van der Waals surface area contributed by atoms with Crippen LogP contribution in [0.2, 0.25) is 0 Å². The van der Waals surface area contributed by atoms with Crippen LogP contribution in [0, 0.1) is 0 Å². The van der Waals surface area contributed by atoms with Crippen LogP contribution in [0.25, 0.3) is 0 Å². The molecule has 18 heavy (non-hydrogen) atoms. The average molecular weight is 242 g/mol. The first-order valence-electron chi connectivity index (χ1n) is 5.96. The maximum absolute atomic E-state index is 4.38. The van der Waals surface area contributed by atoms with E-state index in [4.69, 9.17) is 0 Å². The maximum Gasteiger partial charge on any atom is 0.128 e. The second-order valence-corrected chi connectivity index (χ2v) is 4.45. The maximum atomic E-state index is 4.38. The van der Waals surface area contributed by atoms with E-state index in [0.717, 1.165) is 11.5 Å².